The molecule has 0 atom stereocenters. The molecule has 0 aliphatic rings. The van der Waals surface area contributed by atoms with Crippen LogP contribution in [0.3, 0.4) is 0 Å². The molecule has 2 rings (SSSR count). The molecule has 0 bridgehead atoms. The zero-order valence-electron chi connectivity index (χ0n) is 9.70. The lowest BCUT2D eigenvalue weighted by Crippen LogP contribution is -2.25. The molecule has 6 nitrogen and oxygen atoms in total. The van der Waals surface area contributed by atoms with Gasteiger partial charge >= 0.3 is 5.69 Å². The van der Waals surface area contributed by atoms with Gasteiger partial charge in [-0.3, -0.25) is 0 Å². The molecule has 0 unspecified atom stereocenters. The van der Waals surface area contributed by atoms with Crippen molar-refractivity contribution < 1.29 is 0 Å². The number of aromatic nitrogens is 4. The minimum Gasteiger partial charge on any atom is -0.368 e. The van der Waals surface area contributed by atoms with Crippen LogP contribution in [-0.2, 0) is 0 Å². The van der Waals surface area contributed by atoms with Crippen molar-refractivity contribution in [1.29, 1.82) is 0 Å². The lowest BCUT2D eigenvalue weighted by atomic mass is 9.97. The van der Waals surface area contributed by atoms with Crippen LogP contribution in [0.1, 0.15) is 13.8 Å². The number of hydrogen-bond acceptors (Lipinski definition) is 4. The monoisotopic (exact) mass is 255 g/mol. The highest BCUT2D eigenvalue weighted by Gasteiger charge is 2.16. The third-order valence-corrected chi connectivity index (χ3v) is 3.11. The van der Waals surface area contributed by atoms with Crippen molar-refractivity contribution in [2.45, 2.75) is 13.8 Å². The van der Waals surface area contributed by atoms with E-state index in [1.165, 1.54) is 4.52 Å². The van der Waals surface area contributed by atoms with Crippen LogP contribution in [-0.4, -0.2) is 32.2 Å². The van der Waals surface area contributed by atoms with Crippen molar-refractivity contribution >= 4 is 23.1 Å². The molecule has 0 fully saturated rings. The fourth-order valence-electron chi connectivity index (χ4n) is 1.27. The van der Waals surface area contributed by atoms with E-state index in [0.29, 0.717) is 23.9 Å². The Balaban J connectivity index is 2.19. The van der Waals surface area contributed by atoms with Gasteiger partial charge in [-0.05, 0) is 17.5 Å². The van der Waals surface area contributed by atoms with E-state index in [1.807, 2.05) is 0 Å². The van der Waals surface area contributed by atoms with E-state index in [1.54, 1.807) is 12.1 Å². The van der Waals surface area contributed by atoms with Gasteiger partial charge in [-0.2, -0.15) is 9.61 Å². The van der Waals surface area contributed by atoms with E-state index in [-0.39, 0.29) is 11.1 Å². The zero-order valence-corrected chi connectivity index (χ0v) is 10.5. The van der Waals surface area contributed by atoms with Crippen LogP contribution in [0.15, 0.2) is 16.9 Å². The maximum Gasteiger partial charge on any atom is 0.364 e. The van der Waals surface area contributed by atoms with Crippen LogP contribution in [0.2, 0.25) is 0 Å². The third kappa shape index (κ3) is 2.58. The summed E-state index contributed by atoms with van der Waals surface area (Å²) in [5, 5.41) is 13.4. The highest BCUT2D eigenvalue weighted by molar-refractivity contribution is 6.18. The van der Waals surface area contributed by atoms with Crippen molar-refractivity contribution in [3.8, 4) is 0 Å². The predicted octanol–water partition coefficient (Wildman–Crippen LogP) is 1.09. The molecule has 2 aromatic heterocycles. The Morgan fingerprint density at radius 1 is 1.53 bits per heavy atom. The fraction of sp³-hybridized carbons (Fsp3) is 0.500. The van der Waals surface area contributed by atoms with Crippen LogP contribution in [0.4, 0.5) is 5.82 Å². The lowest BCUT2D eigenvalue weighted by Gasteiger charge is -2.21. The Bertz CT molecular complexity index is 573. The molecule has 7 heteroatoms. The Morgan fingerprint density at radius 2 is 2.29 bits per heavy atom. The minimum absolute atomic E-state index is 0.0282. The summed E-state index contributed by atoms with van der Waals surface area (Å²) in [6.07, 6.45) is 0. The second-order valence-corrected chi connectivity index (χ2v) is 4.94. The van der Waals surface area contributed by atoms with Crippen molar-refractivity contribution in [3.63, 3.8) is 0 Å². The summed E-state index contributed by atoms with van der Waals surface area (Å²) in [4.78, 5) is 11.3. The van der Waals surface area contributed by atoms with E-state index >= 15 is 0 Å². The Hall–Kier alpha value is -1.56. The van der Waals surface area contributed by atoms with Gasteiger partial charge < -0.3 is 5.32 Å². The maximum absolute atomic E-state index is 11.3. The molecule has 0 radical (unpaired) electrons. The number of anilines is 1. The van der Waals surface area contributed by atoms with Crippen molar-refractivity contribution in [2.75, 3.05) is 17.7 Å². The van der Waals surface area contributed by atoms with Crippen molar-refractivity contribution in [3.05, 3.63) is 22.6 Å². The molecule has 0 saturated heterocycles. The van der Waals surface area contributed by atoms with Crippen LogP contribution in [0, 0.1) is 5.41 Å². The number of aromatic amines is 1. The fourth-order valence-corrected chi connectivity index (χ4v) is 1.37. The van der Waals surface area contributed by atoms with Crippen LogP contribution < -0.4 is 11.0 Å². The first-order chi connectivity index (χ1) is 8.02. The summed E-state index contributed by atoms with van der Waals surface area (Å²) in [6.45, 7) is 4.78. The second-order valence-electron chi connectivity index (χ2n) is 4.67. The Kier molecular flexibility index (Phi) is 3.06. The number of nitrogens with zero attached hydrogens (tertiary/aromatic N) is 3. The first kappa shape index (κ1) is 11.9. The van der Waals surface area contributed by atoms with E-state index in [9.17, 15) is 4.79 Å². The number of nitrogens with one attached hydrogen (secondary N) is 2. The highest BCUT2D eigenvalue weighted by atomic mass is 35.5. The number of halogens is 1. The number of fused-ring (bicyclic) bond motifs is 1. The van der Waals surface area contributed by atoms with Crippen molar-refractivity contribution in [2.24, 2.45) is 5.41 Å². The summed E-state index contributed by atoms with van der Waals surface area (Å²) in [5.41, 5.74) is 0.122. The molecule has 0 amide bonds. The normalized spacial score (nSPS) is 11.9. The van der Waals surface area contributed by atoms with Crippen LogP contribution in [0.5, 0.6) is 0 Å². The predicted molar refractivity (Wildman–Crippen MR) is 66.6 cm³/mol. The topological polar surface area (TPSA) is 75.1 Å². The molecule has 92 valence electrons. The molecular weight excluding hydrogens is 242 g/mol. The summed E-state index contributed by atoms with van der Waals surface area (Å²) in [7, 11) is 0. The quantitative estimate of drug-likeness (QED) is 0.802. The standard InChI is InChI=1S/C10H14ClN5O/c1-10(2,5-11)6-12-7-3-4-8-13-14-9(17)16(8)15-7/h3-4H,5-6H2,1-2H3,(H,12,15)(H,14,17). The molecule has 0 spiro atoms. The molecular formula is C10H14ClN5O. The Labute approximate surface area is 103 Å². The average Bonchev–Trinajstić information content (AvgIpc) is 2.69. The average molecular weight is 256 g/mol. The highest BCUT2D eigenvalue weighted by Crippen LogP contribution is 2.17. The van der Waals surface area contributed by atoms with E-state index in [2.05, 4.69) is 34.5 Å². The van der Waals surface area contributed by atoms with Crippen molar-refractivity contribution in [1.82, 2.24) is 19.8 Å². The van der Waals surface area contributed by atoms with Crippen LogP contribution >= 0.6 is 11.6 Å². The van der Waals surface area contributed by atoms with Gasteiger partial charge in [0.05, 0.1) is 0 Å². The van der Waals surface area contributed by atoms with Crippen LogP contribution in [0.25, 0.3) is 5.65 Å². The second kappa shape index (κ2) is 4.37. The van der Waals surface area contributed by atoms with E-state index in [4.69, 9.17) is 11.6 Å². The summed E-state index contributed by atoms with van der Waals surface area (Å²) in [5.74, 6) is 1.17. The molecule has 2 N–H and O–H groups in total. The largest absolute Gasteiger partial charge is 0.368 e. The molecule has 2 heterocycles. The lowest BCUT2D eigenvalue weighted by molar-refractivity contribution is 0.449. The zero-order chi connectivity index (χ0) is 12.5. The third-order valence-electron chi connectivity index (χ3n) is 2.38. The minimum atomic E-state index is -0.347. The van der Waals surface area contributed by atoms with E-state index < -0.39 is 0 Å². The summed E-state index contributed by atoms with van der Waals surface area (Å²) in [6, 6.07) is 3.50. The SMILES string of the molecule is CC(C)(CCl)CNc1ccc2n[nH]c(=O)n2n1. The number of rotatable bonds is 4. The molecule has 0 aliphatic heterocycles. The van der Waals surface area contributed by atoms with Gasteiger partial charge in [-0.15, -0.1) is 16.7 Å². The van der Waals surface area contributed by atoms with Gasteiger partial charge in [0, 0.05) is 12.4 Å². The first-order valence-corrected chi connectivity index (χ1v) is 5.80. The number of hydrogen-bond donors (Lipinski definition) is 2. The summed E-state index contributed by atoms with van der Waals surface area (Å²) >= 11 is 5.83. The van der Waals surface area contributed by atoms with Gasteiger partial charge in [-0.25, -0.2) is 9.89 Å². The van der Waals surface area contributed by atoms with Gasteiger partial charge in [0.1, 0.15) is 5.82 Å². The Morgan fingerprint density at radius 3 is 3.00 bits per heavy atom. The smallest absolute Gasteiger partial charge is 0.364 e. The molecule has 0 aliphatic carbocycles. The van der Waals surface area contributed by atoms with Gasteiger partial charge in [0.15, 0.2) is 5.65 Å². The number of H-pyrrole nitrogens is 1. The molecule has 0 saturated carbocycles. The van der Waals surface area contributed by atoms with E-state index in [0.717, 1.165) is 0 Å². The summed E-state index contributed by atoms with van der Waals surface area (Å²) < 4.78 is 1.22. The molecule has 17 heavy (non-hydrogen) atoms. The molecule has 2 aromatic rings. The van der Waals surface area contributed by atoms with Gasteiger partial charge in [-0.1, -0.05) is 13.8 Å². The van der Waals surface area contributed by atoms with Gasteiger partial charge in [0.25, 0.3) is 0 Å². The first-order valence-electron chi connectivity index (χ1n) is 5.26. The maximum atomic E-state index is 11.3. The van der Waals surface area contributed by atoms with Gasteiger partial charge in [0.2, 0.25) is 0 Å². The molecule has 0 aromatic carbocycles. The number of alkyl halides is 1.